The molecule has 1 saturated heterocycles. The number of rotatable bonds is 2. The second-order valence-corrected chi connectivity index (χ2v) is 8.09. The van der Waals surface area contributed by atoms with E-state index in [1.165, 1.54) is 5.00 Å². The van der Waals surface area contributed by atoms with Crippen molar-refractivity contribution in [2.75, 3.05) is 36.0 Å². The minimum atomic E-state index is -0.0804. The maximum atomic E-state index is 4.81. The molecule has 0 N–H and O–H groups in total. The minimum absolute atomic E-state index is 0.0804. The van der Waals surface area contributed by atoms with Crippen LogP contribution in [0.2, 0.25) is 0 Å². The standard InChI is InChI=1S/C17H22N6S/c1-17(2,3)16-19-18-13-6-7-14(20-23(13)16)21-8-10-22(11-9-21)15-5-4-12-24-15/h4-7,12H,8-11H2,1-3H3. The van der Waals surface area contributed by atoms with E-state index in [1.54, 1.807) is 11.3 Å². The molecule has 0 aliphatic carbocycles. The van der Waals surface area contributed by atoms with Gasteiger partial charge in [-0.15, -0.1) is 26.6 Å². The van der Waals surface area contributed by atoms with E-state index in [9.17, 15) is 0 Å². The van der Waals surface area contributed by atoms with Gasteiger partial charge in [0.15, 0.2) is 11.5 Å². The number of fused-ring (bicyclic) bond motifs is 1. The lowest BCUT2D eigenvalue weighted by atomic mass is 9.96. The van der Waals surface area contributed by atoms with Crippen molar-refractivity contribution in [1.29, 1.82) is 0 Å². The summed E-state index contributed by atoms with van der Waals surface area (Å²) >= 11 is 1.81. The first kappa shape index (κ1) is 15.4. The van der Waals surface area contributed by atoms with Gasteiger partial charge in [0.1, 0.15) is 5.82 Å². The summed E-state index contributed by atoms with van der Waals surface area (Å²) in [4.78, 5) is 4.79. The van der Waals surface area contributed by atoms with Crippen LogP contribution in [0.15, 0.2) is 29.6 Å². The molecule has 0 aromatic carbocycles. The van der Waals surface area contributed by atoms with Crippen LogP contribution in [0.1, 0.15) is 26.6 Å². The number of piperazine rings is 1. The van der Waals surface area contributed by atoms with E-state index in [-0.39, 0.29) is 5.41 Å². The second kappa shape index (κ2) is 5.73. The van der Waals surface area contributed by atoms with E-state index in [1.807, 2.05) is 10.6 Å². The molecule has 4 rings (SSSR count). The molecule has 0 atom stereocenters. The number of anilines is 2. The summed E-state index contributed by atoms with van der Waals surface area (Å²) in [6, 6.07) is 8.37. The Morgan fingerprint density at radius 3 is 2.38 bits per heavy atom. The van der Waals surface area contributed by atoms with E-state index in [0.29, 0.717) is 0 Å². The zero-order valence-electron chi connectivity index (χ0n) is 14.3. The van der Waals surface area contributed by atoms with Gasteiger partial charge in [-0.2, -0.15) is 4.52 Å². The van der Waals surface area contributed by atoms with Crippen LogP contribution in [0.25, 0.3) is 5.65 Å². The monoisotopic (exact) mass is 342 g/mol. The van der Waals surface area contributed by atoms with Crippen LogP contribution in [0.5, 0.6) is 0 Å². The average molecular weight is 342 g/mol. The fourth-order valence-corrected chi connectivity index (χ4v) is 3.81. The molecular formula is C17H22N6S. The number of aromatic nitrogens is 4. The molecule has 7 heteroatoms. The molecule has 0 bridgehead atoms. The maximum Gasteiger partial charge on any atom is 0.178 e. The van der Waals surface area contributed by atoms with Crippen LogP contribution in [-0.2, 0) is 5.41 Å². The van der Waals surface area contributed by atoms with Gasteiger partial charge in [0.05, 0.1) is 5.00 Å². The summed E-state index contributed by atoms with van der Waals surface area (Å²) < 4.78 is 1.89. The fraction of sp³-hybridized carbons (Fsp3) is 0.471. The fourth-order valence-electron chi connectivity index (χ4n) is 3.02. The average Bonchev–Trinajstić information content (AvgIpc) is 3.23. The number of nitrogens with zero attached hydrogens (tertiary/aromatic N) is 6. The van der Waals surface area contributed by atoms with Crippen molar-refractivity contribution in [3.05, 3.63) is 35.5 Å². The first-order chi connectivity index (χ1) is 11.5. The van der Waals surface area contributed by atoms with Gasteiger partial charge in [-0.3, -0.25) is 0 Å². The Hall–Kier alpha value is -2.15. The summed E-state index contributed by atoms with van der Waals surface area (Å²) in [6.45, 7) is 10.4. The minimum Gasteiger partial charge on any atom is -0.360 e. The van der Waals surface area contributed by atoms with Crippen LogP contribution in [0.3, 0.4) is 0 Å². The molecule has 0 saturated carbocycles. The van der Waals surface area contributed by atoms with Gasteiger partial charge in [-0.25, -0.2) is 0 Å². The van der Waals surface area contributed by atoms with Gasteiger partial charge in [0, 0.05) is 31.6 Å². The lowest BCUT2D eigenvalue weighted by molar-refractivity contribution is 0.525. The highest BCUT2D eigenvalue weighted by Gasteiger charge is 2.23. The predicted molar refractivity (Wildman–Crippen MR) is 98.2 cm³/mol. The van der Waals surface area contributed by atoms with Crippen LogP contribution < -0.4 is 9.80 Å². The third-order valence-corrected chi connectivity index (χ3v) is 5.27. The van der Waals surface area contributed by atoms with E-state index in [2.05, 4.69) is 64.3 Å². The third-order valence-electron chi connectivity index (χ3n) is 4.34. The molecule has 3 aromatic heterocycles. The largest absolute Gasteiger partial charge is 0.360 e. The Balaban J connectivity index is 1.57. The van der Waals surface area contributed by atoms with Crippen LogP contribution in [-0.4, -0.2) is 46.0 Å². The van der Waals surface area contributed by atoms with Gasteiger partial charge in [-0.1, -0.05) is 20.8 Å². The summed E-state index contributed by atoms with van der Waals surface area (Å²) in [7, 11) is 0. The number of hydrogen-bond acceptors (Lipinski definition) is 6. The van der Waals surface area contributed by atoms with Gasteiger partial charge in [0.25, 0.3) is 0 Å². The van der Waals surface area contributed by atoms with E-state index < -0.39 is 0 Å². The van der Waals surface area contributed by atoms with Gasteiger partial charge in [0.2, 0.25) is 0 Å². The molecule has 6 nitrogen and oxygen atoms in total. The van der Waals surface area contributed by atoms with Gasteiger partial charge >= 0.3 is 0 Å². The topological polar surface area (TPSA) is 49.6 Å². The van der Waals surface area contributed by atoms with E-state index in [4.69, 9.17) is 5.10 Å². The number of hydrogen-bond donors (Lipinski definition) is 0. The predicted octanol–water partition coefficient (Wildman–Crippen LogP) is 2.81. The Labute approximate surface area is 145 Å². The molecule has 1 aliphatic heterocycles. The Morgan fingerprint density at radius 2 is 1.71 bits per heavy atom. The summed E-state index contributed by atoms with van der Waals surface area (Å²) in [5, 5.41) is 16.9. The van der Waals surface area contributed by atoms with Gasteiger partial charge in [-0.05, 0) is 29.6 Å². The molecule has 0 radical (unpaired) electrons. The lowest BCUT2D eigenvalue weighted by Gasteiger charge is -2.35. The molecule has 3 aromatic rings. The summed E-state index contributed by atoms with van der Waals surface area (Å²) in [6.07, 6.45) is 0. The third kappa shape index (κ3) is 2.73. The zero-order valence-corrected chi connectivity index (χ0v) is 15.1. The summed E-state index contributed by atoms with van der Waals surface area (Å²) in [5.74, 6) is 1.90. The Bertz CT molecular complexity index is 825. The molecule has 0 spiro atoms. The molecular weight excluding hydrogens is 320 g/mol. The molecule has 4 heterocycles. The first-order valence-corrected chi connectivity index (χ1v) is 9.17. The Kier molecular flexibility index (Phi) is 3.68. The lowest BCUT2D eigenvalue weighted by Crippen LogP contribution is -2.46. The van der Waals surface area contributed by atoms with Crippen molar-refractivity contribution in [2.24, 2.45) is 0 Å². The molecule has 0 amide bonds. The quantitative estimate of drug-likeness (QED) is 0.717. The molecule has 24 heavy (non-hydrogen) atoms. The number of thiophene rings is 1. The van der Waals surface area contributed by atoms with Crippen molar-refractivity contribution >= 4 is 27.8 Å². The van der Waals surface area contributed by atoms with Crippen LogP contribution >= 0.6 is 11.3 Å². The summed E-state index contributed by atoms with van der Waals surface area (Å²) in [5.41, 5.74) is 0.726. The van der Waals surface area contributed by atoms with Crippen LogP contribution in [0, 0.1) is 0 Å². The van der Waals surface area contributed by atoms with E-state index in [0.717, 1.165) is 43.5 Å². The molecule has 126 valence electrons. The van der Waals surface area contributed by atoms with Crippen LogP contribution in [0.4, 0.5) is 10.8 Å². The van der Waals surface area contributed by atoms with Gasteiger partial charge < -0.3 is 9.80 Å². The highest BCUT2D eigenvalue weighted by Crippen LogP contribution is 2.25. The normalized spacial score (nSPS) is 16.1. The van der Waals surface area contributed by atoms with E-state index >= 15 is 0 Å². The first-order valence-electron chi connectivity index (χ1n) is 8.29. The Morgan fingerprint density at radius 1 is 0.958 bits per heavy atom. The van der Waals surface area contributed by atoms with Crippen molar-refractivity contribution in [1.82, 2.24) is 19.8 Å². The van der Waals surface area contributed by atoms with Crippen molar-refractivity contribution in [3.63, 3.8) is 0 Å². The highest BCUT2D eigenvalue weighted by molar-refractivity contribution is 7.14. The van der Waals surface area contributed by atoms with Crippen molar-refractivity contribution < 1.29 is 0 Å². The molecule has 1 aliphatic rings. The highest BCUT2D eigenvalue weighted by atomic mass is 32.1. The van der Waals surface area contributed by atoms with Crippen molar-refractivity contribution in [2.45, 2.75) is 26.2 Å². The SMILES string of the molecule is CC(C)(C)c1nnc2ccc(N3CCN(c4cccs4)CC3)nn12. The molecule has 0 unspecified atom stereocenters. The molecule has 1 fully saturated rings. The smallest absolute Gasteiger partial charge is 0.178 e. The maximum absolute atomic E-state index is 4.81. The zero-order chi connectivity index (χ0) is 16.7. The van der Waals surface area contributed by atoms with Crippen molar-refractivity contribution in [3.8, 4) is 0 Å². The second-order valence-electron chi connectivity index (χ2n) is 7.16.